The Morgan fingerprint density at radius 2 is 1.40 bits per heavy atom. The van der Waals surface area contributed by atoms with Gasteiger partial charge in [-0.05, 0) is 135 Å². The van der Waals surface area contributed by atoms with Crippen LogP contribution in [0, 0.1) is 28.6 Å². The van der Waals surface area contributed by atoms with Crippen molar-refractivity contribution in [2.24, 2.45) is 33.7 Å². The Labute approximate surface area is 334 Å². The average Bonchev–Trinajstić information content (AvgIpc) is 3.51. The van der Waals surface area contributed by atoms with Gasteiger partial charge in [0.25, 0.3) is 0 Å². The smallest absolute Gasteiger partial charge is 0.192 e. The van der Waals surface area contributed by atoms with Crippen molar-refractivity contribution >= 4 is 22.4 Å². The molecule has 0 N–H and O–H groups in total. The summed E-state index contributed by atoms with van der Waals surface area (Å²) in [4.78, 5) is 15.6. The lowest BCUT2D eigenvalue weighted by atomic mass is 9.47. The van der Waals surface area contributed by atoms with Crippen LogP contribution in [0.1, 0.15) is 133 Å². The molecule has 4 aliphatic carbocycles. The van der Waals surface area contributed by atoms with Gasteiger partial charge in [-0.25, -0.2) is 0 Å². The summed E-state index contributed by atoms with van der Waals surface area (Å²) in [7, 11) is -3.91. The molecule has 12 heteroatoms. The molecular formula is C43H75N3O7Si2. The molecule has 0 aromatic carbocycles. The van der Waals surface area contributed by atoms with Crippen molar-refractivity contribution in [3.8, 4) is 0 Å². The van der Waals surface area contributed by atoms with Gasteiger partial charge in [-0.1, -0.05) is 66.1 Å². The van der Waals surface area contributed by atoms with Gasteiger partial charge in [-0.2, -0.15) is 0 Å². The third-order valence-electron chi connectivity index (χ3n) is 16.6. The predicted molar refractivity (Wildman–Crippen MR) is 221 cm³/mol. The van der Waals surface area contributed by atoms with Crippen LogP contribution < -0.4 is 0 Å². The van der Waals surface area contributed by atoms with Gasteiger partial charge in [0, 0.05) is 24.2 Å². The van der Waals surface area contributed by atoms with E-state index in [9.17, 15) is 10.3 Å². The predicted octanol–water partition coefficient (Wildman–Crippen LogP) is 11.0. The van der Waals surface area contributed by atoms with E-state index in [0.29, 0.717) is 42.8 Å². The zero-order valence-electron chi connectivity index (χ0n) is 36.0. The van der Waals surface area contributed by atoms with Crippen LogP contribution in [-0.4, -0.2) is 77.7 Å². The molecule has 2 aliphatic heterocycles. The molecule has 0 bridgehead atoms. The van der Waals surface area contributed by atoms with Crippen molar-refractivity contribution in [2.45, 2.75) is 225 Å². The second-order valence-corrected chi connectivity index (χ2v) is 28.3. The highest BCUT2D eigenvalue weighted by Crippen LogP contribution is 2.66. The Morgan fingerprint density at radius 3 is 2.04 bits per heavy atom. The molecule has 10 nitrogen and oxygen atoms in total. The molecule has 0 unspecified atom stereocenters. The Hall–Kier alpha value is -1.09. The third kappa shape index (κ3) is 8.38. The lowest BCUT2D eigenvalue weighted by Gasteiger charge is -2.58. The summed E-state index contributed by atoms with van der Waals surface area (Å²) >= 11 is 0. The summed E-state index contributed by atoms with van der Waals surface area (Å²) in [5, 5.41) is 4.31. The molecule has 2 heterocycles. The van der Waals surface area contributed by atoms with Crippen molar-refractivity contribution in [1.82, 2.24) is 0 Å². The number of rotatable bonds is 15. The van der Waals surface area contributed by atoms with Gasteiger partial charge in [0.15, 0.2) is 35.0 Å². The number of nitrogens with zero attached hydrogens (tertiary/aromatic N) is 3. The minimum atomic E-state index is -1.97. The van der Waals surface area contributed by atoms with E-state index in [1.807, 2.05) is 13.0 Å². The first kappa shape index (κ1) is 43.5. The van der Waals surface area contributed by atoms with Crippen LogP contribution >= 0.6 is 0 Å². The van der Waals surface area contributed by atoms with Crippen LogP contribution in [0.3, 0.4) is 0 Å². The maximum atomic E-state index is 12.3. The molecule has 55 heavy (non-hydrogen) atoms. The highest BCUT2D eigenvalue weighted by atomic mass is 28.4. The monoisotopic (exact) mass is 802 g/mol. The van der Waals surface area contributed by atoms with E-state index in [1.165, 1.54) is 24.8 Å². The lowest BCUT2D eigenvalue weighted by Crippen LogP contribution is -2.59. The number of fused-ring (bicyclic) bond motifs is 5. The quantitative estimate of drug-likeness (QED) is 0.0699. The van der Waals surface area contributed by atoms with Crippen molar-refractivity contribution in [3.63, 3.8) is 0 Å². The van der Waals surface area contributed by atoms with E-state index in [1.54, 1.807) is 0 Å². The van der Waals surface area contributed by atoms with E-state index in [-0.39, 0.29) is 41.3 Å². The van der Waals surface area contributed by atoms with Gasteiger partial charge in [0.1, 0.15) is 0 Å². The van der Waals surface area contributed by atoms with E-state index < -0.39 is 41.4 Å². The van der Waals surface area contributed by atoms with Crippen molar-refractivity contribution in [3.05, 3.63) is 22.1 Å². The largest absolute Gasteiger partial charge is 0.411 e. The van der Waals surface area contributed by atoms with Gasteiger partial charge in [0.2, 0.25) is 0 Å². The number of ketones is 1. The number of carbonyl (C=O) groups is 1. The number of carbonyl (C=O) groups excluding carboxylic acids is 1. The van der Waals surface area contributed by atoms with Crippen LogP contribution in [0.15, 0.2) is 16.8 Å². The average molecular weight is 802 g/mol. The van der Waals surface area contributed by atoms with Crippen LogP contribution in [0.2, 0.25) is 36.3 Å². The molecule has 6 aliphatic rings. The minimum absolute atomic E-state index is 0.0820. The second-order valence-electron chi connectivity index (χ2n) is 18.8. The highest BCUT2D eigenvalue weighted by molar-refractivity contribution is 6.74. The number of allylic oxidation sites excluding steroid dienone is 1. The molecule has 6 rings (SSSR count). The number of ether oxygens (including phenoxy) is 4. The molecule has 0 amide bonds. The van der Waals surface area contributed by atoms with Gasteiger partial charge in [-0.15, -0.1) is 0 Å². The van der Waals surface area contributed by atoms with Gasteiger partial charge >= 0.3 is 0 Å². The van der Waals surface area contributed by atoms with Crippen LogP contribution in [-0.2, 0) is 32.6 Å². The molecule has 3 saturated carbocycles. The van der Waals surface area contributed by atoms with Crippen molar-refractivity contribution in [1.29, 1.82) is 0 Å². The van der Waals surface area contributed by atoms with Gasteiger partial charge in [0.05, 0.1) is 42.7 Å². The molecule has 312 valence electrons. The second kappa shape index (κ2) is 17.6. The zero-order chi connectivity index (χ0) is 39.8. The molecule has 5 fully saturated rings. The maximum Gasteiger partial charge on any atom is 0.192 e. The number of hydrogen-bond donors (Lipinski definition) is 0. The summed E-state index contributed by atoms with van der Waals surface area (Å²) in [6.07, 6.45) is 9.31. The fraction of sp³-hybridized carbons (Fsp3) is 0.930. The van der Waals surface area contributed by atoms with Crippen molar-refractivity contribution in [2.75, 3.05) is 0 Å². The number of hydrogen-bond acceptors (Lipinski definition) is 8. The first-order chi connectivity index (χ1) is 26.3. The molecule has 0 radical (unpaired) electrons. The highest BCUT2D eigenvalue weighted by Gasteiger charge is 2.60. The maximum absolute atomic E-state index is 12.3. The van der Waals surface area contributed by atoms with Crippen molar-refractivity contribution < 1.29 is 32.6 Å². The fourth-order valence-electron chi connectivity index (χ4n) is 12.6. The first-order valence-corrected chi connectivity index (χ1v) is 27.6. The molecule has 0 spiro atoms. The van der Waals surface area contributed by atoms with E-state index in [4.69, 9.17) is 27.8 Å². The van der Waals surface area contributed by atoms with Crippen LogP contribution in [0.4, 0.5) is 0 Å². The Morgan fingerprint density at radius 1 is 0.782 bits per heavy atom. The van der Waals surface area contributed by atoms with Crippen LogP contribution in [0.25, 0.3) is 10.4 Å². The summed E-state index contributed by atoms with van der Waals surface area (Å²) in [6.45, 7) is 22.7. The van der Waals surface area contributed by atoms with E-state index in [2.05, 4.69) is 72.3 Å². The zero-order valence-corrected chi connectivity index (χ0v) is 38.0. The Bertz CT molecular complexity index is 1400. The summed E-state index contributed by atoms with van der Waals surface area (Å²) < 4.78 is 41.5. The van der Waals surface area contributed by atoms with Gasteiger partial charge < -0.3 is 27.8 Å². The summed E-state index contributed by atoms with van der Waals surface area (Å²) in [5.74, 6) is 2.24. The fourth-order valence-corrected chi connectivity index (χ4v) is 18.4. The van der Waals surface area contributed by atoms with Gasteiger partial charge in [-0.3, -0.25) is 4.79 Å². The number of azide groups is 1. The molecule has 2 saturated heterocycles. The lowest BCUT2D eigenvalue weighted by molar-refractivity contribution is -0.302. The van der Waals surface area contributed by atoms with Crippen LogP contribution in [0.5, 0.6) is 0 Å². The minimum Gasteiger partial charge on any atom is -0.411 e. The molecule has 14 atom stereocenters. The molecule has 0 aromatic rings. The Kier molecular flexibility index (Phi) is 13.9. The van der Waals surface area contributed by atoms with E-state index >= 15 is 0 Å². The third-order valence-corrected chi connectivity index (χ3v) is 25.9. The molecule has 0 aromatic heterocycles. The first-order valence-electron chi connectivity index (χ1n) is 22.5. The standard InChI is InChI=1S/C43H75N3O7Si2/c1-11-54(12-2,13-3)52-36-27-39(49-29(8)41(36)53-55(14-4,15-5)16-6)51-40-28(7)48-38(26-35(40)45-46-44)50-37-20-19-33-32-18-17-30-25-31(47)21-23-42(30,9)34(32)22-24-43(33,37)10/h25,28-29,32-41H,11-24,26-27H2,1-10H3/t28-,29-,32-,33-,34-,35+,36-,37-,38+,39-,40-,41+,42-,43-/m0/s1. The Balaban J connectivity index is 1.13. The normalized spacial score (nSPS) is 42.1. The molecular weight excluding hydrogens is 727 g/mol. The SMILES string of the molecule is CC[Si](CC)(CC)O[C@@H]1[C@H](C)O[C@@H](O[C@H]2[C@H](C)O[C@H](O[C@H]3CC[C@H]4[C@@H]5CCC6=CC(=O)CC[C@]6(C)[C@H]5CC[C@]34C)C[C@H]2N=[N+]=[N-])C[C@@H]1O[Si](CC)(CC)CC. The summed E-state index contributed by atoms with van der Waals surface area (Å²) in [6, 6.07) is 5.98. The van der Waals surface area contributed by atoms with E-state index in [0.717, 1.165) is 61.9 Å². The summed E-state index contributed by atoms with van der Waals surface area (Å²) in [5.41, 5.74) is 11.4. The topological polar surface area (TPSA) is 121 Å².